The van der Waals surface area contributed by atoms with E-state index in [1.54, 1.807) is 23.9 Å². The Labute approximate surface area is 117 Å². The van der Waals surface area contributed by atoms with Crippen molar-refractivity contribution >= 4 is 17.7 Å². The first-order valence-electron chi connectivity index (χ1n) is 6.08. The van der Waals surface area contributed by atoms with Crippen molar-refractivity contribution in [3.05, 3.63) is 64.7 Å². The summed E-state index contributed by atoms with van der Waals surface area (Å²) in [6.45, 7) is 4.20. The minimum absolute atomic E-state index is 0.329. The zero-order valence-corrected chi connectivity index (χ0v) is 11.8. The van der Waals surface area contributed by atoms with E-state index in [9.17, 15) is 4.79 Å². The van der Waals surface area contributed by atoms with E-state index in [4.69, 9.17) is 5.11 Å². The number of carboxylic acid groups (broad SMARTS) is 1. The van der Waals surface area contributed by atoms with E-state index in [2.05, 4.69) is 32.0 Å². The quantitative estimate of drug-likeness (QED) is 0.843. The van der Waals surface area contributed by atoms with Crippen molar-refractivity contribution in [2.24, 2.45) is 0 Å². The van der Waals surface area contributed by atoms with Crippen molar-refractivity contribution in [3.8, 4) is 0 Å². The fourth-order valence-electron chi connectivity index (χ4n) is 2.01. The maximum absolute atomic E-state index is 10.8. The van der Waals surface area contributed by atoms with Crippen molar-refractivity contribution in [2.45, 2.75) is 24.5 Å². The molecule has 2 rings (SSSR count). The van der Waals surface area contributed by atoms with Crippen molar-refractivity contribution in [3.63, 3.8) is 0 Å². The van der Waals surface area contributed by atoms with Crippen LogP contribution in [0, 0.1) is 13.8 Å². The normalized spacial score (nSPS) is 10.4. The molecule has 0 radical (unpaired) electrons. The first kappa shape index (κ1) is 13.7. The molecular formula is C16H16O2S. The fourth-order valence-corrected chi connectivity index (χ4v) is 2.84. The van der Waals surface area contributed by atoms with Gasteiger partial charge in [0.1, 0.15) is 0 Å². The number of carbonyl (C=O) groups is 1. The molecule has 2 nitrogen and oxygen atoms in total. The number of carboxylic acids is 1. The van der Waals surface area contributed by atoms with E-state index < -0.39 is 5.97 Å². The smallest absolute Gasteiger partial charge is 0.335 e. The van der Waals surface area contributed by atoms with E-state index in [1.807, 2.05) is 12.1 Å². The molecule has 0 spiro atoms. The van der Waals surface area contributed by atoms with E-state index in [0.29, 0.717) is 5.56 Å². The molecule has 0 bridgehead atoms. The Morgan fingerprint density at radius 2 is 1.63 bits per heavy atom. The van der Waals surface area contributed by atoms with Gasteiger partial charge in [-0.05, 0) is 43.7 Å². The highest BCUT2D eigenvalue weighted by Crippen LogP contribution is 2.24. The molecule has 1 N–H and O–H groups in total. The highest BCUT2D eigenvalue weighted by Gasteiger charge is 2.03. The first-order valence-corrected chi connectivity index (χ1v) is 7.06. The Balaban J connectivity index is 2.03. The highest BCUT2D eigenvalue weighted by molar-refractivity contribution is 7.98. The molecule has 0 amide bonds. The van der Waals surface area contributed by atoms with Crippen molar-refractivity contribution in [1.29, 1.82) is 0 Å². The number of hydrogen-bond donors (Lipinski definition) is 1. The lowest BCUT2D eigenvalue weighted by molar-refractivity contribution is 0.0697. The molecule has 0 aliphatic heterocycles. The zero-order valence-electron chi connectivity index (χ0n) is 11.0. The lowest BCUT2D eigenvalue weighted by Gasteiger charge is -2.05. The topological polar surface area (TPSA) is 37.3 Å². The molecule has 2 aromatic rings. The molecule has 0 saturated heterocycles. The predicted molar refractivity (Wildman–Crippen MR) is 78.9 cm³/mol. The number of rotatable bonds is 4. The van der Waals surface area contributed by atoms with Crippen molar-refractivity contribution < 1.29 is 9.90 Å². The molecule has 3 heteroatoms. The van der Waals surface area contributed by atoms with Crippen LogP contribution < -0.4 is 0 Å². The molecule has 0 aliphatic carbocycles. The van der Waals surface area contributed by atoms with Crippen molar-refractivity contribution in [2.75, 3.05) is 0 Å². The molecule has 0 atom stereocenters. The maximum Gasteiger partial charge on any atom is 0.335 e. The number of aromatic carboxylic acids is 1. The summed E-state index contributed by atoms with van der Waals surface area (Å²) in [6.07, 6.45) is 0. The Hall–Kier alpha value is -1.74. The monoisotopic (exact) mass is 272 g/mol. The van der Waals surface area contributed by atoms with E-state index >= 15 is 0 Å². The number of benzene rings is 2. The first-order chi connectivity index (χ1) is 9.04. The minimum Gasteiger partial charge on any atom is -0.478 e. The van der Waals surface area contributed by atoms with Crippen LogP contribution in [0.4, 0.5) is 0 Å². The highest BCUT2D eigenvalue weighted by atomic mass is 32.2. The summed E-state index contributed by atoms with van der Waals surface area (Å²) in [5, 5.41) is 8.84. The van der Waals surface area contributed by atoms with Gasteiger partial charge < -0.3 is 5.11 Å². The van der Waals surface area contributed by atoms with Crippen LogP contribution in [0.3, 0.4) is 0 Å². The lowest BCUT2D eigenvalue weighted by atomic mass is 10.1. The SMILES string of the molecule is Cc1cc(C)cc(CSc2ccc(C(=O)O)cc2)c1. The van der Waals surface area contributed by atoms with Gasteiger partial charge in [-0.15, -0.1) is 11.8 Å². The van der Waals surface area contributed by atoms with Gasteiger partial charge in [0.2, 0.25) is 0 Å². The zero-order chi connectivity index (χ0) is 13.8. The maximum atomic E-state index is 10.8. The van der Waals surface area contributed by atoms with E-state index in [-0.39, 0.29) is 0 Å². The largest absolute Gasteiger partial charge is 0.478 e. The second kappa shape index (κ2) is 5.93. The minimum atomic E-state index is -0.883. The van der Waals surface area contributed by atoms with Gasteiger partial charge in [0, 0.05) is 10.6 Å². The number of aryl methyl sites for hydroxylation is 2. The summed E-state index contributed by atoms with van der Waals surface area (Å²) >= 11 is 1.72. The summed E-state index contributed by atoms with van der Waals surface area (Å²) < 4.78 is 0. The van der Waals surface area contributed by atoms with Crippen LogP contribution in [0.2, 0.25) is 0 Å². The average molecular weight is 272 g/mol. The van der Waals surface area contributed by atoms with Gasteiger partial charge in [0.05, 0.1) is 5.56 Å². The van der Waals surface area contributed by atoms with Crippen LogP contribution >= 0.6 is 11.8 Å². The van der Waals surface area contributed by atoms with Gasteiger partial charge in [-0.1, -0.05) is 29.3 Å². The standard InChI is InChI=1S/C16H16O2S/c1-11-7-12(2)9-13(8-11)10-19-15-5-3-14(4-6-15)16(17)18/h3-9H,10H2,1-2H3,(H,17,18). The van der Waals surface area contributed by atoms with Crippen LogP contribution in [0.15, 0.2) is 47.4 Å². The Morgan fingerprint density at radius 3 is 2.16 bits per heavy atom. The van der Waals surface area contributed by atoms with Crippen LogP contribution in [0.25, 0.3) is 0 Å². The van der Waals surface area contributed by atoms with Gasteiger partial charge in [0.25, 0.3) is 0 Å². The Bertz CT molecular complexity index is 568. The summed E-state index contributed by atoms with van der Waals surface area (Å²) in [7, 11) is 0. The lowest BCUT2D eigenvalue weighted by Crippen LogP contribution is -1.94. The summed E-state index contributed by atoms with van der Waals surface area (Å²) in [5.74, 6) is 0.0143. The molecule has 0 aromatic heterocycles. The Kier molecular flexibility index (Phi) is 4.27. The molecule has 98 valence electrons. The molecule has 0 saturated carbocycles. The van der Waals surface area contributed by atoms with Crippen LogP contribution in [0.5, 0.6) is 0 Å². The van der Waals surface area contributed by atoms with Crippen LogP contribution in [-0.2, 0) is 5.75 Å². The third-order valence-electron chi connectivity index (χ3n) is 2.79. The van der Waals surface area contributed by atoms with Gasteiger partial charge in [-0.3, -0.25) is 0 Å². The fraction of sp³-hybridized carbons (Fsp3) is 0.188. The van der Waals surface area contributed by atoms with Gasteiger partial charge in [0.15, 0.2) is 0 Å². The second-order valence-corrected chi connectivity index (χ2v) is 5.66. The third-order valence-corrected chi connectivity index (χ3v) is 3.87. The summed E-state index contributed by atoms with van der Waals surface area (Å²) in [5.41, 5.74) is 4.18. The van der Waals surface area contributed by atoms with Gasteiger partial charge in [-0.25, -0.2) is 4.79 Å². The second-order valence-electron chi connectivity index (χ2n) is 4.61. The number of thioether (sulfide) groups is 1. The van der Waals surface area contributed by atoms with Crippen LogP contribution in [0.1, 0.15) is 27.0 Å². The molecule has 0 heterocycles. The molecule has 0 aliphatic rings. The Morgan fingerprint density at radius 1 is 1.05 bits per heavy atom. The average Bonchev–Trinajstić information content (AvgIpc) is 2.36. The molecular weight excluding hydrogens is 256 g/mol. The predicted octanol–water partition coefficient (Wildman–Crippen LogP) is 4.29. The van der Waals surface area contributed by atoms with Crippen LogP contribution in [-0.4, -0.2) is 11.1 Å². The third kappa shape index (κ3) is 3.86. The molecule has 0 unspecified atom stereocenters. The number of hydrogen-bond acceptors (Lipinski definition) is 2. The van der Waals surface area contributed by atoms with E-state index in [1.165, 1.54) is 16.7 Å². The van der Waals surface area contributed by atoms with E-state index in [0.717, 1.165) is 10.6 Å². The van der Waals surface area contributed by atoms with Crippen molar-refractivity contribution in [1.82, 2.24) is 0 Å². The van der Waals surface area contributed by atoms with Gasteiger partial charge in [-0.2, -0.15) is 0 Å². The summed E-state index contributed by atoms with van der Waals surface area (Å²) in [6, 6.07) is 13.5. The summed E-state index contributed by atoms with van der Waals surface area (Å²) in [4.78, 5) is 11.8. The van der Waals surface area contributed by atoms with Gasteiger partial charge >= 0.3 is 5.97 Å². The molecule has 0 fully saturated rings. The molecule has 19 heavy (non-hydrogen) atoms. The molecule has 2 aromatic carbocycles.